The molecule has 0 saturated heterocycles. The number of amides is 1. The van der Waals surface area contributed by atoms with Gasteiger partial charge in [0.05, 0.1) is 27.0 Å². The molecule has 2 heterocycles. The molecule has 1 aliphatic heterocycles. The molecule has 6 heteroatoms. The van der Waals surface area contributed by atoms with Crippen molar-refractivity contribution < 1.29 is 9.21 Å². The summed E-state index contributed by atoms with van der Waals surface area (Å²) in [6, 6.07) is 11.6. The monoisotopic (exact) mass is 387 g/mol. The predicted octanol–water partition coefficient (Wildman–Crippen LogP) is 5.06. The molecule has 132 valence electrons. The molecule has 0 saturated carbocycles. The van der Waals surface area contributed by atoms with E-state index >= 15 is 0 Å². The number of fused-ring (bicyclic) bond motifs is 2. The summed E-state index contributed by atoms with van der Waals surface area (Å²) in [5, 5.41) is 1.27. The fraction of sp³-hybridized carbons (Fsp3) is 0.200. The van der Waals surface area contributed by atoms with Crippen molar-refractivity contribution in [3.05, 3.63) is 79.6 Å². The lowest BCUT2D eigenvalue weighted by Gasteiger charge is -2.24. The molecule has 0 N–H and O–H groups in total. The van der Waals surface area contributed by atoms with E-state index in [4.69, 9.17) is 27.6 Å². The van der Waals surface area contributed by atoms with Crippen molar-refractivity contribution in [2.75, 3.05) is 6.54 Å². The Morgan fingerprint density at radius 2 is 1.85 bits per heavy atom. The van der Waals surface area contributed by atoms with E-state index in [0.717, 1.165) is 12.0 Å². The molecule has 1 aromatic heterocycles. The molecule has 3 aromatic rings. The highest BCUT2D eigenvalue weighted by Crippen LogP contribution is 2.39. The number of halogens is 2. The maximum Gasteiger partial charge on any atom is 0.290 e. The second-order valence-electron chi connectivity index (χ2n) is 6.24. The largest absolute Gasteiger partial charge is 0.450 e. The molecule has 4 rings (SSSR count). The number of benzene rings is 2. The number of carbonyl (C=O) groups excluding carboxylic acids is 1. The first-order valence-corrected chi connectivity index (χ1v) is 9.10. The van der Waals surface area contributed by atoms with E-state index in [0.29, 0.717) is 33.1 Å². The first-order chi connectivity index (χ1) is 12.5. The van der Waals surface area contributed by atoms with Crippen LogP contribution < -0.4 is 5.43 Å². The highest BCUT2D eigenvalue weighted by molar-refractivity contribution is 6.42. The van der Waals surface area contributed by atoms with E-state index < -0.39 is 6.04 Å². The van der Waals surface area contributed by atoms with Crippen LogP contribution in [-0.4, -0.2) is 17.4 Å². The van der Waals surface area contributed by atoms with Crippen LogP contribution in [0.1, 0.15) is 41.1 Å². The Morgan fingerprint density at radius 1 is 1.08 bits per heavy atom. The number of rotatable bonds is 3. The lowest BCUT2D eigenvalue weighted by molar-refractivity contribution is 0.0728. The second kappa shape index (κ2) is 6.45. The van der Waals surface area contributed by atoms with Crippen LogP contribution in [-0.2, 0) is 0 Å². The minimum atomic E-state index is -0.534. The van der Waals surface area contributed by atoms with E-state index in [9.17, 15) is 9.59 Å². The molecule has 0 fully saturated rings. The van der Waals surface area contributed by atoms with Gasteiger partial charge in [0.15, 0.2) is 5.43 Å². The highest BCUT2D eigenvalue weighted by atomic mass is 35.5. The van der Waals surface area contributed by atoms with Gasteiger partial charge in [0.2, 0.25) is 5.76 Å². The Morgan fingerprint density at radius 3 is 2.58 bits per heavy atom. The van der Waals surface area contributed by atoms with E-state index in [-0.39, 0.29) is 17.1 Å². The van der Waals surface area contributed by atoms with Crippen molar-refractivity contribution in [3.63, 3.8) is 0 Å². The smallest absolute Gasteiger partial charge is 0.290 e. The molecule has 1 amide bonds. The molecule has 1 aliphatic rings. The Kier molecular flexibility index (Phi) is 4.25. The van der Waals surface area contributed by atoms with Gasteiger partial charge in [0.1, 0.15) is 5.58 Å². The van der Waals surface area contributed by atoms with Crippen molar-refractivity contribution in [3.8, 4) is 0 Å². The van der Waals surface area contributed by atoms with E-state index in [2.05, 4.69) is 0 Å². The van der Waals surface area contributed by atoms with E-state index in [1.165, 1.54) is 0 Å². The van der Waals surface area contributed by atoms with Crippen molar-refractivity contribution >= 4 is 40.1 Å². The number of hydrogen-bond acceptors (Lipinski definition) is 3. The summed E-state index contributed by atoms with van der Waals surface area (Å²) in [6.45, 7) is 2.48. The second-order valence-corrected chi connectivity index (χ2v) is 7.06. The van der Waals surface area contributed by atoms with Gasteiger partial charge in [-0.05, 0) is 36.2 Å². The predicted molar refractivity (Wildman–Crippen MR) is 102 cm³/mol. The normalized spacial score (nSPS) is 16.3. The van der Waals surface area contributed by atoms with Gasteiger partial charge in [-0.2, -0.15) is 0 Å². The van der Waals surface area contributed by atoms with Crippen molar-refractivity contribution in [2.45, 2.75) is 19.4 Å². The standard InChI is InChI=1S/C20H15Cl2NO3/c1-2-9-23-17(11-7-8-13(21)14(22)10-11)16-18(24)12-5-3-4-6-15(12)26-19(16)20(23)25/h3-8,10,17H,2,9H2,1H3. The van der Waals surface area contributed by atoms with Crippen LogP contribution >= 0.6 is 23.2 Å². The lowest BCUT2D eigenvalue weighted by atomic mass is 9.98. The zero-order valence-corrected chi connectivity index (χ0v) is 15.5. The summed E-state index contributed by atoms with van der Waals surface area (Å²) in [6.07, 6.45) is 0.755. The third-order valence-corrected chi connectivity index (χ3v) is 5.34. The Hall–Kier alpha value is -2.30. The van der Waals surface area contributed by atoms with Crippen LogP contribution in [0.15, 0.2) is 51.7 Å². The molecule has 26 heavy (non-hydrogen) atoms. The SMILES string of the molecule is CCCN1C(=O)c2oc3ccccc3c(=O)c2C1c1ccc(Cl)c(Cl)c1. The van der Waals surface area contributed by atoms with Gasteiger partial charge in [-0.15, -0.1) is 0 Å². The molecule has 1 unspecified atom stereocenters. The van der Waals surface area contributed by atoms with Crippen molar-refractivity contribution in [2.24, 2.45) is 0 Å². The topological polar surface area (TPSA) is 50.5 Å². The zero-order chi connectivity index (χ0) is 18.4. The first-order valence-electron chi connectivity index (χ1n) is 8.34. The molecule has 4 nitrogen and oxygen atoms in total. The summed E-state index contributed by atoms with van der Waals surface area (Å²) >= 11 is 12.2. The third-order valence-electron chi connectivity index (χ3n) is 4.60. The van der Waals surface area contributed by atoms with Gasteiger partial charge in [-0.1, -0.05) is 48.3 Å². The van der Waals surface area contributed by atoms with Gasteiger partial charge < -0.3 is 9.32 Å². The van der Waals surface area contributed by atoms with Crippen LogP contribution in [0.25, 0.3) is 11.0 Å². The van der Waals surface area contributed by atoms with Gasteiger partial charge in [0, 0.05) is 6.54 Å². The molecule has 0 radical (unpaired) electrons. The van der Waals surface area contributed by atoms with Gasteiger partial charge in [0.25, 0.3) is 5.91 Å². The minimum Gasteiger partial charge on any atom is -0.450 e. The molecule has 2 aromatic carbocycles. The Bertz CT molecular complexity index is 1090. The Balaban J connectivity index is 2.01. The van der Waals surface area contributed by atoms with Crippen molar-refractivity contribution in [1.82, 2.24) is 4.90 Å². The minimum absolute atomic E-state index is 0.109. The van der Waals surface area contributed by atoms with Crippen LogP contribution in [0.3, 0.4) is 0 Å². The lowest BCUT2D eigenvalue weighted by Crippen LogP contribution is -2.30. The van der Waals surface area contributed by atoms with Crippen LogP contribution in [0, 0.1) is 0 Å². The average molecular weight is 388 g/mol. The summed E-state index contributed by atoms with van der Waals surface area (Å²) in [5.74, 6) is -0.168. The number of carbonyl (C=O) groups is 1. The molecule has 0 bridgehead atoms. The first kappa shape index (κ1) is 17.1. The molecular weight excluding hydrogens is 373 g/mol. The van der Waals surface area contributed by atoms with Gasteiger partial charge in [-0.3, -0.25) is 9.59 Å². The Labute approximate surface area is 159 Å². The summed E-state index contributed by atoms with van der Waals surface area (Å²) in [7, 11) is 0. The highest BCUT2D eigenvalue weighted by Gasteiger charge is 2.42. The maximum absolute atomic E-state index is 13.2. The molecule has 1 atom stereocenters. The number of hydrogen-bond donors (Lipinski definition) is 0. The molecule has 0 aliphatic carbocycles. The fourth-order valence-corrected chi connectivity index (χ4v) is 3.77. The summed E-state index contributed by atoms with van der Waals surface area (Å²) < 4.78 is 5.83. The maximum atomic E-state index is 13.2. The van der Waals surface area contributed by atoms with Crippen LogP contribution in [0.4, 0.5) is 0 Å². The molecule has 0 spiro atoms. The van der Waals surface area contributed by atoms with Gasteiger partial charge in [-0.25, -0.2) is 0 Å². The summed E-state index contributed by atoms with van der Waals surface area (Å²) in [4.78, 5) is 27.8. The summed E-state index contributed by atoms with van der Waals surface area (Å²) in [5.41, 5.74) is 1.32. The van der Waals surface area contributed by atoms with Crippen LogP contribution in [0.2, 0.25) is 10.0 Å². The van der Waals surface area contributed by atoms with Crippen molar-refractivity contribution in [1.29, 1.82) is 0 Å². The number of para-hydroxylation sites is 1. The van der Waals surface area contributed by atoms with Crippen LogP contribution in [0.5, 0.6) is 0 Å². The van der Waals surface area contributed by atoms with Gasteiger partial charge >= 0.3 is 0 Å². The van der Waals surface area contributed by atoms with E-state index in [1.807, 2.05) is 6.92 Å². The van der Waals surface area contributed by atoms with E-state index in [1.54, 1.807) is 47.4 Å². The molecular formula is C20H15Cl2NO3. The quantitative estimate of drug-likeness (QED) is 0.631. The zero-order valence-electron chi connectivity index (χ0n) is 14.0. The number of nitrogens with zero attached hydrogens (tertiary/aromatic N) is 1. The average Bonchev–Trinajstić information content (AvgIpc) is 2.91. The fourth-order valence-electron chi connectivity index (χ4n) is 3.47. The third kappa shape index (κ3) is 2.52.